The van der Waals surface area contributed by atoms with Crippen molar-refractivity contribution in [3.63, 3.8) is 0 Å². The van der Waals surface area contributed by atoms with E-state index in [-0.39, 0.29) is 36.0 Å². The van der Waals surface area contributed by atoms with E-state index in [1.54, 1.807) is 113 Å². The molecule has 6 aromatic heterocycles. The van der Waals surface area contributed by atoms with Crippen molar-refractivity contribution >= 4 is 69.4 Å². The van der Waals surface area contributed by atoms with Crippen LogP contribution >= 0.6 is 0 Å². The average Bonchev–Trinajstić information content (AvgIpc) is 3.04. The zero-order valence-electron chi connectivity index (χ0n) is 49.8. The van der Waals surface area contributed by atoms with Gasteiger partial charge in [-0.2, -0.15) is 15.8 Å². The van der Waals surface area contributed by atoms with Crippen LogP contribution in [0.3, 0.4) is 0 Å². The van der Waals surface area contributed by atoms with E-state index >= 15 is 0 Å². The van der Waals surface area contributed by atoms with Gasteiger partial charge in [0, 0.05) is 111 Å². The number of fused-ring (bicyclic) bond motifs is 3. The molecule has 1 unspecified atom stereocenters. The van der Waals surface area contributed by atoms with Crippen LogP contribution in [0.5, 0.6) is 0 Å². The lowest BCUT2D eigenvalue weighted by atomic mass is 10.0. The number of carbonyl (C=O) groups is 3. The summed E-state index contributed by atoms with van der Waals surface area (Å²) >= 11 is 0. The van der Waals surface area contributed by atoms with Crippen molar-refractivity contribution in [1.29, 1.82) is 15.8 Å². The maximum absolute atomic E-state index is 12.4. The van der Waals surface area contributed by atoms with Gasteiger partial charge in [-0.1, -0.05) is 36.4 Å². The number of aliphatic imine (C=N–C) groups is 3. The summed E-state index contributed by atoms with van der Waals surface area (Å²) in [6.45, 7) is 5.96. The minimum atomic E-state index is -0.343. The molecule has 3 atom stereocenters. The van der Waals surface area contributed by atoms with Crippen molar-refractivity contribution in [3.8, 4) is 18.2 Å². The van der Waals surface area contributed by atoms with E-state index in [4.69, 9.17) is 45.0 Å². The standard InChI is InChI=1S/3C23H19N5O2/c3*1-14-8-19-18(25-12-14)10-20(27-19)22(30-2)17-6-7-21(26-13-17)28-23(29)16-5-3-4-15(9-16)11-24/h3*3-9,12-13,22H,10H2,1-2H3,(H,26,28,29)/t2*22-;/m10./s1. The Kier molecular flexibility index (Phi) is 19.3. The van der Waals surface area contributed by atoms with Gasteiger partial charge in [0.15, 0.2) is 0 Å². The van der Waals surface area contributed by atoms with Crippen LogP contribution in [-0.4, -0.2) is 86.1 Å². The monoisotopic (exact) mass is 1190 g/mol. The molecule has 9 heterocycles. The highest BCUT2D eigenvalue weighted by molar-refractivity contribution is 6.06. The van der Waals surface area contributed by atoms with E-state index in [0.717, 1.165) is 84.7 Å². The molecule has 12 rings (SSSR count). The van der Waals surface area contributed by atoms with Gasteiger partial charge in [0.05, 0.1) is 86.2 Å². The number of ether oxygens (including phenoxy) is 3. The second-order valence-corrected chi connectivity index (χ2v) is 21.0. The molecule has 0 aliphatic carbocycles. The van der Waals surface area contributed by atoms with Gasteiger partial charge in [-0.05, 0) is 128 Å². The number of benzene rings is 3. The smallest absolute Gasteiger partial charge is 0.256 e. The first-order chi connectivity index (χ1) is 43.7. The fourth-order valence-corrected chi connectivity index (χ4v) is 10.0. The summed E-state index contributed by atoms with van der Waals surface area (Å²) in [7, 11) is 4.90. The summed E-state index contributed by atoms with van der Waals surface area (Å²) < 4.78 is 17.0. The summed E-state index contributed by atoms with van der Waals surface area (Å²) in [4.78, 5) is 77.7. The lowest BCUT2D eigenvalue weighted by Gasteiger charge is -2.16. The van der Waals surface area contributed by atoms with E-state index in [1.165, 1.54) is 18.2 Å². The minimum Gasteiger partial charge on any atom is -0.371 e. The van der Waals surface area contributed by atoms with Gasteiger partial charge in [0.1, 0.15) is 35.8 Å². The number of anilines is 3. The van der Waals surface area contributed by atoms with Crippen LogP contribution in [0.4, 0.5) is 34.5 Å². The third-order valence-electron chi connectivity index (χ3n) is 14.5. The van der Waals surface area contributed by atoms with Crippen LogP contribution < -0.4 is 16.0 Å². The number of amides is 3. The molecule has 0 saturated heterocycles. The van der Waals surface area contributed by atoms with Crippen LogP contribution in [0.25, 0.3) is 0 Å². The molecule has 0 saturated carbocycles. The van der Waals surface area contributed by atoms with Gasteiger partial charge in [-0.3, -0.25) is 44.3 Å². The first kappa shape index (κ1) is 61.4. The highest BCUT2D eigenvalue weighted by Gasteiger charge is 2.29. The Morgan fingerprint density at radius 1 is 0.400 bits per heavy atom. The number of carbonyl (C=O) groups excluding carboxylic acids is 3. The van der Waals surface area contributed by atoms with Gasteiger partial charge in [-0.25, -0.2) is 15.0 Å². The zero-order valence-corrected chi connectivity index (χ0v) is 49.8. The van der Waals surface area contributed by atoms with Gasteiger partial charge in [-0.15, -0.1) is 0 Å². The van der Waals surface area contributed by atoms with Gasteiger partial charge in [0.25, 0.3) is 17.7 Å². The maximum Gasteiger partial charge on any atom is 0.256 e. The molecule has 3 amide bonds. The molecule has 3 aromatic carbocycles. The third kappa shape index (κ3) is 14.8. The molecular formula is C69H57N15O6. The summed E-state index contributed by atoms with van der Waals surface area (Å²) in [6, 6.07) is 42.4. The molecule has 3 N–H and O–H groups in total. The number of hydrogen-bond acceptors (Lipinski definition) is 18. The molecule has 3 aliphatic rings. The second kappa shape index (κ2) is 28.2. The number of aryl methyl sites for hydroxylation is 3. The van der Waals surface area contributed by atoms with Crippen molar-refractivity contribution < 1.29 is 28.6 Å². The first-order valence-corrected chi connectivity index (χ1v) is 28.2. The van der Waals surface area contributed by atoms with Crippen LogP contribution in [-0.2, 0) is 33.5 Å². The van der Waals surface area contributed by atoms with Crippen LogP contribution in [0.15, 0.2) is 180 Å². The predicted molar refractivity (Wildman–Crippen MR) is 339 cm³/mol. The zero-order chi connectivity index (χ0) is 63.3. The second-order valence-electron chi connectivity index (χ2n) is 21.0. The summed E-state index contributed by atoms with van der Waals surface area (Å²) in [5, 5.41) is 35.2. The van der Waals surface area contributed by atoms with Crippen LogP contribution in [0, 0.1) is 54.8 Å². The number of methoxy groups -OCH3 is 3. The van der Waals surface area contributed by atoms with Crippen molar-refractivity contribution in [2.24, 2.45) is 15.0 Å². The lowest BCUT2D eigenvalue weighted by molar-refractivity contribution is 0.101. The Morgan fingerprint density at radius 3 is 0.933 bits per heavy atom. The van der Waals surface area contributed by atoms with E-state index in [0.29, 0.717) is 70.1 Å². The molecule has 3 aliphatic heterocycles. The SMILES string of the molecule is COC(C1=Nc2cc(C)cnc2C1)c1ccc(NC(=O)c2cccc(C#N)c2)nc1.CO[C@@H](C1=Nc2cc(C)cnc2C1)c1ccc(NC(=O)c2cccc(C#N)c2)nc1.CO[C@H](C1=Nc2cc(C)cnc2C1)c1ccc(NC(=O)c2cccc(C#N)c2)nc1. The van der Waals surface area contributed by atoms with Gasteiger partial charge in [0.2, 0.25) is 0 Å². The fourth-order valence-electron chi connectivity index (χ4n) is 10.0. The number of aromatic nitrogens is 6. The van der Waals surface area contributed by atoms with E-state index < -0.39 is 0 Å². The highest BCUT2D eigenvalue weighted by atomic mass is 16.5. The molecule has 444 valence electrons. The molecule has 0 bridgehead atoms. The quantitative estimate of drug-likeness (QED) is 0.0859. The Labute approximate surface area is 518 Å². The first-order valence-electron chi connectivity index (χ1n) is 28.2. The van der Waals surface area contributed by atoms with Crippen molar-refractivity contribution in [2.75, 3.05) is 37.3 Å². The number of nitriles is 3. The Morgan fingerprint density at radius 2 is 0.689 bits per heavy atom. The summed E-state index contributed by atoms with van der Waals surface area (Å²) in [5.74, 6) is 0.257. The number of hydrogen-bond donors (Lipinski definition) is 3. The van der Waals surface area contributed by atoms with Crippen LogP contribution in [0.2, 0.25) is 0 Å². The number of nitrogens with zero attached hydrogens (tertiary/aromatic N) is 12. The van der Waals surface area contributed by atoms with Gasteiger partial charge >= 0.3 is 0 Å². The third-order valence-corrected chi connectivity index (χ3v) is 14.5. The highest BCUT2D eigenvalue weighted by Crippen LogP contribution is 2.35. The minimum absolute atomic E-state index is 0.326. The maximum atomic E-state index is 12.4. The van der Waals surface area contributed by atoms with Crippen molar-refractivity contribution in [3.05, 3.63) is 248 Å². The molecule has 9 aromatic rings. The molecule has 0 spiro atoms. The molecule has 90 heavy (non-hydrogen) atoms. The molecule has 0 fully saturated rings. The molecule has 0 radical (unpaired) electrons. The lowest BCUT2D eigenvalue weighted by Crippen LogP contribution is -2.16. The van der Waals surface area contributed by atoms with E-state index in [9.17, 15) is 14.4 Å². The fraction of sp³-hybridized carbons (Fsp3) is 0.174. The van der Waals surface area contributed by atoms with Crippen LogP contribution in [0.1, 0.15) is 117 Å². The Hall–Kier alpha value is -11.7. The molecule has 21 nitrogen and oxygen atoms in total. The molecular weight excluding hydrogens is 1130 g/mol. The van der Waals surface area contributed by atoms with Gasteiger partial charge < -0.3 is 30.2 Å². The number of pyridine rings is 6. The number of rotatable bonds is 15. The largest absolute Gasteiger partial charge is 0.371 e. The average molecular weight is 1190 g/mol. The van der Waals surface area contributed by atoms with Crippen molar-refractivity contribution in [2.45, 2.75) is 58.3 Å². The topological polar surface area (TPSA) is 301 Å². The number of nitrogens with one attached hydrogen (secondary N) is 3. The summed E-state index contributed by atoms with van der Waals surface area (Å²) in [5.41, 5.74) is 16.3. The predicted octanol–water partition coefficient (Wildman–Crippen LogP) is 11.8. The summed E-state index contributed by atoms with van der Waals surface area (Å²) in [6.07, 6.45) is 11.4. The van der Waals surface area contributed by atoms with Crippen molar-refractivity contribution in [1.82, 2.24) is 29.9 Å². The Bertz CT molecular complexity index is 3980. The molecule has 21 heteroatoms. The van der Waals surface area contributed by atoms with E-state index in [1.807, 2.05) is 94.0 Å². The van der Waals surface area contributed by atoms with E-state index in [2.05, 4.69) is 45.9 Å². The normalized spacial score (nSPS) is 13.2. The Balaban J connectivity index is 0.000000148.